The molecule has 8 fully saturated rings. The highest BCUT2D eigenvalue weighted by atomic mass is 32.2. The third kappa shape index (κ3) is 16.2. The molecule has 44 nitrogen and oxygen atoms in total. The molecular formula is C60H86O44S2. The van der Waals surface area contributed by atoms with E-state index in [0.29, 0.717) is 0 Å². The van der Waals surface area contributed by atoms with E-state index in [4.69, 9.17) is 84.2 Å². The SMILES string of the molecule is O=S1(=O)OC[C@H]2O[C@@H]3O[C@H]4[C@H](O)[C@@H](O)[C@@H](O[C@H]5[C@H](O)[C@@H](O)[C@@H](O[C@H]6[C@H](O)[C@@H](O)[C@@H](O[C@H]7[C@H](O)[C@@H](O)[C@@H](O[C@H]8[C@H](O)[C@@H](O)[C@@H](O[C@H]9[C@H](O)[C@@H](O)[C@@H](O[C@H]%10[C@H](O)[C@@H](O)[C@@H](O[C@H]2[C@H](O)[C@H]3O)O[C@@H]%10CO)O[C@@H]9CO)O[C@@H]8CO)O[C@@H]7COS(=O)(=O)c2ccc(cc2)-c2ccc1cc2)O[C@@H]6CO)O[C@@H]5CO)O[C@@H]4CO. The quantitative estimate of drug-likeness (QED) is 0.119. The van der Waals surface area contributed by atoms with Crippen molar-refractivity contribution < 1.29 is 213 Å². The fourth-order valence-electron chi connectivity index (χ4n) is 14.0. The average Bonchev–Trinajstić information content (AvgIpc) is 0.774. The Morgan fingerprint density at radius 1 is 0.236 bits per heavy atom. The van der Waals surface area contributed by atoms with E-state index in [-0.39, 0.29) is 11.1 Å². The number of ether oxygens (including phenoxy) is 16. The lowest BCUT2D eigenvalue weighted by atomic mass is 9.94. The van der Waals surface area contributed by atoms with E-state index in [1.807, 2.05) is 0 Å². The first-order valence-corrected chi connectivity index (χ1v) is 36.2. The van der Waals surface area contributed by atoms with E-state index in [1.54, 1.807) is 0 Å². The van der Waals surface area contributed by atoms with Gasteiger partial charge in [-0.3, -0.25) is 8.37 Å². The van der Waals surface area contributed by atoms with Gasteiger partial charge in [0.15, 0.2) is 50.3 Å². The Labute approximate surface area is 599 Å². The Bertz CT molecular complexity index is 3180. The van der Waals surface area contributed by atoms with E-state index >= 15 is 0 Å². The van der Waals surface area contributed by atoms with Crippen LogP contribution in [0.2, 0.25) is 0 Å². The first kappa shape index (κ1) is 82.2. The summed E-state index contributed by atoms with van der Waals surface area (Å²) in [5.41, 5.74) is 0.471. The standard InChI is InChI=1S/C60H86O44S2/c61-9-21-45-30(68)38(76)54(90-21)100-48-24(12-64)94-58(42(80)34(48)72)104-52-28-16-88-106(85,86)20-7-3-18(4-8-20)17-1-5-19(6-2-17)105(83,84)87-15-27-51(35(73)43(81)59(95-27)101-49-25(13-65)91-55(97-45)39(77)31(49)69)103-57-41(79)33(71)47(23(11-63)93-57)99-53-37(75)29(67)46(22(10-62)89-53)98-56-40(78)32(70)50(26(14-66)92-56)102-60(96-28)44(82)36(52)74/h1-8,21-82H,9-16H2/t21-,22-,23-,24-,25-,26-,27-,28-,29-,30-,31-,32-,33-,34-,35-,36-,37-,38-,39-,40-,41-,42-,43-,44-,45-,46-,47-,48-,49-,50-,51-,52-,53-,54-,55-,56-,57-,58-,59-,60-/m1/s1. The van der Waals surface area contributed by atoms with Gasteiger partial charge in [-0.15, -0.1) is 0 Å². The maximum absolute atomic E-state index is 14.1. The van der Waals surface area contributed by atoms with Gasteiger partial charge in [-0.1, -0.05) is 24.3 Å². The predicted molar refractivity (Wildman–Crippen MR) is 325 cm³/mol. The molecule has 24 rings (SSSR count). The Morgan fingerprint density at radius 2 is 0.406 bits per heavy atom. The zero-order chi connectivity index (χ0) is 76.4. The van der Waals surface area contributed by atoms with Crippen molar-refractivity contribution in [2.75, 3.05) is 52.9 Å². The van der Waals surface area contributed by atoms with Crippen LogP contribution in [0.15, 0.2) is 58.3 Å². The van der Waals surface area contributed by atoms with E-state index < -0.39 is 329 Å². The third-order valence-corrected chi connectivity index (χ3v) is 22.5. The fourth-order valence-corrected chi connectivity index (χ4v) is 15.8. The van der Waals surface area contributed by atoms with E-state index in [0.717, 1.165) is 24.3 Å². The topological polar surface area (TPSA) is 679 Å². The third-order valence-electron chi connectivity index (χ3n) is 19.9. The van der Waals surface area contributed by atoms with Crippen molar-refractivity contribution in [1.29, 1.82) is 0 Å². The molecule has 602 valence electrons. The smallest absolute Gasteiger partial charge is 0.297 e. The second-order valence-electron chi connectivity index (χ2n) is 26.6. The number of hydrogen-bond donors (Lipinski definition) is 22. The Morgan fingerprint density at radius 3 is 0.594 bits per heavy atom. The lowest BCUT2D eigenvalue weighted by Gasteiger charge is -2.50. The summed E-state index contributed by atoms with van der Waals surface area (Å²) < 4.78 is 161. The molecule has 0 spiro atoms. The number of fused-ring (bicyclic) bond motifs is 4. The normalized spacial score (nSPS) is 49.8. The monoisotopic (exact) mass is 1570 g/mol. The summed E-state index contributed by atoms with van der Waals surface area (Å²) in [6.45, 7) is -9.54. The molecule has 0 radical (unpaired) electrons. The van der Waals surface area contributed by atoms with Gasteiger partial charge >= 0.3 is 0 Å². The first-order valence-electron chi connectivity index (χ1n) is 33.4. The molecule has 2 aromatic carbocycles. The highest BCUT2D eigenvalue weighted by Gasteiger charge is 2.61. The summed E-state index contributed by atoms with van der Waals surface area (Å²) in [5, 5.41) is 251. The minimum Gasteiger partial charge on any atom is -0.394 e. The van der Waals surface area contributed by atoms with Gasteiger partial charge in [0.1, 0.15) is 195 Å². The molecule has 0 aromatic heterocycles. The molecule has 8 saturated heterocycles. The van der Waals surface area contributed by atoms with Crippen molar-refractivity contribution in [3.63, 3.8) is 0 Å². The molecule has 22 heterocycles. The van der Waals surface area contributed by atoms with Crippen LogP contribution in [0.25, 0.3) is 11.1 Å². The Hall–Kier alpha value is -3.26. The summed E-state index contributed by atoms with van der Waals surface area (Å²) >= 11 is 0. The number of benzene rings is 2. The van der Waals surface area contributed by atoms with Crippen LogP contribution in [0.1, 0.15) is 0 Å². The molecule has 0 unspecified atom stereocenters. The zero-order valence-electron chi connectivity index (χ0n) is 55.0. The molecule has 20 bridgehead atoms. The maximum Gasteiger partial charge on any atom is 0.297 e. The molecule has 46 heteroatoms. The minimum atomic E-state index is -5.01. The van der Waals surface area contributed by atoms with Gasteiger partial charge in [-0.2, -0.15) is 16.8 Å². The van der Waals surface area contributed by atoms with Crippen LogP contribution in [-0.2, 0) is 104 Å². The molecule has 0 aliphatic carbocycles. The van der Waals surface area contributed by atoms with Gasteiger partial charge < -0.3 is 188 Å². The van der Waals surface area contributed by atoms with E-state index in [2.05, 4.69) is 0 Å². The van der Waals surface area contributed by atoms with Crippen molar-refractivity contribution in [2.24, 2.45) is 0 Å². The summed E-state index contributed by atoms with van der Waals surface area (Å²) in [6, 6.07) is 9.13. The summed E-state index contributed by atoms with van der Waals surface area (Å²) in [7, 11) is -10.0. The van der Waals surface area contributed by atoms with Crippen molar-refractivity contribution in [1.82, 2.24) is 0 Å². The van der Waals surface area contributed by atoms with Crippen molar-refractivity contribution in [2.45, 2.75) is 255 Å². The lowest BCUT2D eigenvalue weighted by Crippen LogP contribution is -2.69. The Balaban J connectivity index is 0.935. The van der Waals surface area contributed by atoms with Crippen LogP contribution in [0, 0.1) is 0 Å². The highest BCUT2D eigenvalue weighted by Crippen LogP contribution is 2.41. The molecule has 22 aliphatic heterocycles. The largest absolute Gasteiger partial charge is 0.394 e. The second-order valence-corrected chi connectivity index (χ2v) is 29.9. The van der Waals surface area contributed by atoms with Crippen LogP contribution < -0.4 is 0 Å². The molecule has 0 amide bonds. The Kier molecular flexibility index (Phi) is 26.2. The van der Waals surface area contributed by atoms with Crippen LogP contribution >= 0.6 is 0 Å². The molecule has 2 aromatic rings. The first-order chi connectivity index (χ1) is 50.4. The predicted octanol–water partition coefficient (Wildman–Crippen LogP) is -14.6. The maximum atomic E-state index is 14.1. The summed E-state index contributed by atoms with van der Waals surface area (Å²) in [5.74, 6) is 0. The van der Waals surface area contributed by atoms with Crippen LogP contribution in [0.5, 0.6) is 0 Å². The van der Waals surface area contributed by atoms with Crippen molar-refractivity contribution in [3.05, 3.63) is 48.5 Å². The van der Waals surface area contributed by atoms with E-state index in [1.165, 1.54) is 24.3 Å². The average molecular weight is 1580 g/mol. The molecule has 22 N–H and O–H groups in total. The van der Waals surface area contributed by atoms with Gasteiger partial charge in [0.2, 0.25) is 0 Å². The summed E-state index contributed by atoms with van der Waals surface area (Å²) in [4.78, 5) is -1.16. The number of aliphatic hydroxyl groups is 22. The lowest BCUT2D eigenvalue weighted by molar-refractivity contribution is -0.403. The fraction of sp³-hybridized carbons (Fsp3) is 0.800. The van der Waals surface area contributed by atoms with Gasteiger partial charge in [0, 0.05) is 0 Å². The van der Waals surface area contributed by atoms with E-state index in [9.17, 15) is 129 Å². The highest BCUT2D eigenvalue weighted by molar-refractivity contribution is 7.87. The van der Waals surface area contributed by atoms with Gasteiger partial charge in [0.25, 0.3) is 20.2 Å². The van der Waals surface area contributed by atoms with Crippen LogP contribution in [-0.4, -0.2) is 428 Å². The molecule has 40 atom stereocenters. The second kappa shape index (κ2) is 33.8. The van der Waals surface area contributed by atoms with Gasteiger partial charge in [-0.05, 0) is 35.4 Å². The minimum absolute atomic E-state index is 0.235. The van der Waals surface area contributed by atoms with Crippen molar-refractivity contribution >= 4 is 20.2 Å². The van der Waals surface area contributed by atoms with Crippen molar-refractivity contribution in [3.8, 4) is 11.1 Å². The van der Waals surface area contributed by atoms with Crippen LogP contribution in [0.4, 0.5) is 0 Å². The summed E-state index contributed by atoms with van der Waals surface area (Å²) in [6.07, 6.45) is -88.1. The molecule has 0 saturated carbocycles. The molecule has 106 heavy (non-hydrogen) atoms. The number of rotatable bonds is 6. The van der Waals surface area contributed by atoms with Gasteiger partial charge in [0.05, 0.1) is 62.6 Å². The zero-order valence-corrected chi connectivity index (χ0v) is 56.6. The van der Waals surface area contributed by atoms with Crippen LogP contribution in [0.3, 0.4) is 0 Å². The molecule has 22 aliphatic rings. The van der Waals surface area contributed by atoms with Gasteiger partial charge in [-0.25, -0.2) is 0 Å². The number of aliphatic hydroxyl groups excluding tert-OH is 22. The number of hydrogen-bond acceptors (Lipinski definition) is 44. The molecular weight excluding hydrogens is 1490 g/mol.